The second-order valence-corrected chi connectivity index (χ2v) is 5.40. The van der Waals surface area contributed by atoms with Crippen LogP contribution in [0.25, 0.3) is 0 Å². The molecule has 1 unspecified atom stereocenters. The predicted molar refractivity (Wildman–Crippen MR) is 84.2 cm³/mol. The van der Waals surface area contributed by atoms with E-state index in [4.69, 9.17) is 15.2 Å². The number of nitrogens with two attached hydrogens (primary N) is 1. The molecule has 2 aromatic rings. The Bertz CT molecular complexity index is 777. The van der Waals surface area contributed by atoms with Crippen LogP contribution in [0.4, 0.5) is 5.82 Å². The first-order valence-electron chi connectivity index (χ1n) is 7.45. The molecule has 0 bridgehead atoms. The fraction of sp³-hybridized carbons (Fsp3) is 0.312. The molecule has 1 aromatic carbocycles. The van der Waals surface area contributed by atoms with E-state index in [1.807, 2.05) is 0 Å². The highest BCUT2D eigenvalue weighted by Crippen LogP contribution is 2.30. The summed E-state index contributed by atoms with van der Waals surface area (Å²) in [5, 5.41) is 9.46. The monoisotopic (exact) mass is 331 g/mol. The zero-order valence-corrected chi connectivity index (χ0v) is 12.7. The van der Waals surface area contributed by atoms with E-state index in [0.29, 0.717) is 5.56 Å². The molecule has 0 saturated carbocycles. The minimum atomic E-state index is -0.716. The highest BCUT2D eigenvalue weighted by molar-refractivity contribution is 5.89. The minimum Gasteiger partial charge on any atom is -0.456 e. The van der Waals surface area contributed by atoms with E-state index < -0.39 is 30.1 Å². The van der Waals surface area contributed by atoms with Crippen LogP contribution in [-0.4, -0.2) is 39.4 Å². The van der Waals surface area contributed by atoms with Crippen molar-refractivity contribution < 1.29 is 19.4 Å². The molecule has 3 rings (SSSR count). The molecule has 0 radical (unpaired) electrons. The first-order valence-corrected chi connectivity index (χ1v) is 7.45. The average molecular weight is 331 g/mol. The summed E-state index contributed by atoms with van der Waals surface area (Å²) in [5.41, 5.74) is 5.31. The lowest BCUT2D eigenvalue weighted by Gasteiger charge is -2.16. The Labute approximate surface area is 137 Å². The molecule has 1 saturated heterocycles. The van der Waals surface area contributed by atoms with Crippen LogP contribution >= 0.6 is 0 Å². The molecule has 1 aliphatic rings. The SMILES string of the molecule is Nc1ccn([C@H]2CC(OC(=O)c3ccccc3)[C@@H](CO)O2)c(=O)n1. The molecule has 126 valence electrons. The molecule has 24 heavy (non-hydrogen) atoms. The van der Waals surface area contributed by atoms with E-state index in [2.05, 4.69) is 4.98 Å². The van der Waals surface area contributed by atoms with Crippen molar-refractivity contribution in [2.24, 2.45) is 0 Å². The zero-order valence-electron chi connectivity index (χ0n) is 12.7. The van der Waals surface area contributed by atoms with Gasteiger partial charge in [0.1, 0.15) is 24.3 Å². The Morgan fingerprint density at radius 3 is 2.79 bits per heavy atom. The number of esters is 1. The number of nitrogens with zero attached hydrogens (tertiary/aromatic N) is 2. The molecule has 1 aliphatic heterocycles. The molecule has 0 spiro atoms. The van der Waals surface area contributed by atoms with Crippen molar-refractivity contribution >= 4 is 11.8 Å². The van der Waals surface area contributed by atoms with Gasteiger partial charge in [0.25, 0.3) is 0 Å². The maximum Gasteiger partial charge on any atom is 0.351 e. The molecular formula is C16H17N3O5. The first kappa shape index (κ1) is 16.2. The number of ether oxygens (including phenoxy) is 2. The van der Waals surface area contributed by atoms with Crippen LogP contribution in [0.5, 0.6) is 0 Å². The quantitative estimate of drug-likeness (QED) is 0.775. The summed E-state index contributed by atoms with van der Waals surface area (Å²) >= 11 is 0. The van der Waals surface area contributed by atoms with Gasteiger partial charge in [0.05, 0.1) is 12.2 Å². The fourth-order valence-corrected chi connectivity index (χ4v) is 2.58. The third-order valence-corrected chi connectivity index (χ3v) is 3.79. The number of benzene rings is 1. The second-order valence-electron chi connectivity index (χ2n) is 5.40. The van der Waals surface area contributed by atoms with Gasteiger partial charge in [-0.3, -0.25) is 4.57 Å². The van der Waals surface area contributed by atoms with Gasteiger partial charge >= 0.3 is 11.7 Å². The molecule has 2 heterocycles. The van der Waals surface area contributed by atoms with Gasteiger partial charge in [-0.2, -0.15) is 4.98 Å². The van der Waals surface area contributed by atoms with Gasteiger partial charge in [0.2, 0.25) is 0 Å². The van der Waals surface area contributed by atoms with Gasteiger partial charge < -0.3 is 20.3 Å². The van der Waals surface area contributed by atoms with E-state index in [-0.39, 0.29) is 18.8 Å². The number of aliphatic hydroxyl groups excluding tert-OH is 1. The van der Waals surface area contributed by atoms with Crippen molar-refractivity contribution in [1.82, 2.24) is 9.55 Å². The molecule has 0 aliphatic carbocycles. The number of anilines is 1. The molecule has 8 heteroatoms. The van der Waals surface area contributed by atoms with Gasteiger partial charge in [0, 0.05) is 12.6 Å². The highest BCUT2D eigenvalue weighted by atomic mass is 16.6. The maximum atomic E-state index is 12.2. The van der Waals surface area contributed by atoms with Crippen molar-refractivity contribution in [3.63, 3.8) is 0 Å². The van der Waals surface area contributed by atoms with Crippen molar-refractivity contribution in [2.45, 2.75) is 24.9 Å². The molecule has 1 aromatic heterocycles. The largest absolute Gasteiger partial charge is 0.456 e. The van der Waals surface area contributed by atoms with Crippen LogP contribution < -0.4 is 11.4 Å². The normalized spacial score (nSPS) is 23.1. The van der Waals surface area contributed by atoms with Crippen LogP contribution in [0.3, 0.4) is 0 Å². The van der Waals surface area contributed by atoms with Gasteiger partial charge in [-0.25, -0.2) is 9.59 Å². The van der Waals surface area contributed by atoms with E-state index in [0.717, 1.165) is 0 Å². The predicted octanol–water partition coefficient (Wildman–Crippen LogP) is 0.331. The minimum absolute atomic E-state index is 0.111. The lowest BCUT2D eigenvalue weighted by Crippen LogP contribution is -2.30. The lowest BCUT2D eigenvalue weighted by molar-refractivity contribution is -0.0521. The van der Waals surface area contributed by atoms with Crippen molar-refractivity contribution in [1.29, 1.82) is 0 Å². The summed E-state index contributed by atoms with van der Waals surface area (Å²) < 4.78 is 12.3. The summed E-state index contributed by atoms with van der Waals surface area (Å²) in [6.45, 7) is -0.333. The standard InChI is InChI=1S/C16H17N3O5/c17-13-6-7-19(16(22)18-13)14-8-11(12(9-20)23-14)24-15(21)10-4-2-1-3-5-10/h1-7,11-12,14,20H,8-9H2,(H2,17,18,22)/t11?,12-,14-/m1/s1. The highest BCUT2D eigenvalue weighted by Gasteiger charge is 2.39. The van der Waals surface area contributed by atoms with Crippen LogP contribution in [0, 0.1) is 0 Å². The van der Waals surface area contributed by atoms with E-state index >= 15 is 0 Å². The van der Waals surface area contributed by atoms with Crippen LogP contribution in [-0.2, 0) is 9.47 Å². The third-order valence-electron chi connectivity index (χ3n) is 3.79. The Hall–Kier alpha value is -2.71. The van der Waals surface area contributed by atoms with E-state index in [1.54, 1.807) is 30.3 Å². The van der Waals surface area contributed by atoms with Gasteiger partial charge in [-0.05, 0) is 18.2 Å². The topological polar surface area (TPSA) is 117 Å². The molecule has 3 atom stereocenters. The number of aromatic nitrogens is 2. The van der Waals surface area contributed by atoms with Gasteiger partial charge in [-0.15, -0.1) is 0 Å². The van der Waals surface area contributed by atoms with Gasteiger partial charge in [0.15, 0.2) is 0 Å². The number of hydrogen-bond donors (Lipinski definition) is 2. The number of nitrogen functional groups attached to an aromatic ring is 1. The smallest absolute Gasteiger partial charge is 0.351 e. The number of carbonyl (C=O) groups excluding carboxylic acids is 1. The summed E-state index contributed by atoms with van der Waals surface area (Å²) in [6.07, 6.45) is -0.374. The van der Waals surface area contributed by atoms with Crippen LogP contribution in [0.2, 0.25) is 0 Å². The molecule has 1 fully saturated rings. The second kappa shape index (κ2) is 6.81. The van der Waals surface area contributed by atoms with Crippen molar-refractivity contribution in [3.05, 3.63) is 58.6 Å². The number of carbonyl (C=O) groups is 1. The van der Waals surface area contributed by atoms with Crippen LogP contribution in [0.15, 0.2) is 47.4 Å². The first-order chi connectivity index (χ1) is 11.6. The summed E-state index contributed by atoms with van der Waals surface area (Å²) in [7, 11) is 0. The van der Waals surface area contributed by atoms with Crippen molar-refractivity contribution in [3.8, 4) is 0 Å². The maximum absolute atomic E-state index is 12.2. The molecule has 0 amide bonds. The molecular weight excluding hydrogens is 314 g/mol. The van der Waals surface area contributed by atoms with Crippen LogP contribution in [0.1, 0.15) is 23.0 Å². The van der Waals surface area contributed by atoms with Crippen molar-refractivity contribution in [2.75, 3.05) is 12.3 Å². The summed E-state index contributed by atoms with van der Waals surface area (Å²) in [6, 6.07) is 10.0. The fourth-order valence-electron chi connectivity index (χ4n) is 2.58. The Balaban J connectivity index is 1.75. The van der Waals surface area contributed by atoms with E-state index in [1.165, 1.54) is 16.8 Å². The third kappa shape index (κ3) is 3.29. The Morgan fingerprint density at radius 2 is 2.12 bits per heavy atom. The number of hydrogen-bond acceptors (Lipinski definition) is 7. The van der Waals surface area contributed by atoms with E-state index in [9.17, 15) is 14.7 Å². The average Bonchev–Trinajstić information content (AvgIpc) is 2.98. The number of rotatable bonds is 4. The zero-order chi connectivity index (χ0) is 17.1. The lowest BCUT2D eigenvalue weighted by atomic mass is 10.1. The molecule has 3 N–H and O–H groups in total. The number of aliphatic hydroxyl groups is 1. The summed E-state index contributed by atoms with van der Waals surface area (Å²) in [5.74, 6) is -0.397. The summed E-state index contributed by atoms with van der Waals surface area (Å²) in [4.78, 5) is 27.7. The molecule has 8 nitrogen and oxygen atoms in total. The Kier molecular flexibility index (Phi) is 4.59. The Morgan fingerprint density at radius 1 is 1.38 bits per heavy atom. The van der Waals surface area contributed by atoms with Gasteiger partial charge in [-0.1, -0.05) is 18.2 Å².